The van der Waals surface area contributed by atoms with Crippen LogP contribution in [-0.4, -0.2) is 49.1 Å². The molecule has 1 aliphatic rings. The van der Waals surface area contributed by atoms with Crippen molar-refractivity contribution in [3.63, 3.8) is 0 Å². The van der Waals surface area contributed by atoms with Crippen LogP contribution in [0.3, 0.4) is 0 Å². The molecule has 1 aromatic carbocycles. The molecule has 0 bridgehead atoms. The molecule has 106 valence electrons. The highest BCUT2D eigenvalue weighted by Gasteiger charge is 2.16. The molecule has 1 saturated heterocycles. The lowest BCUT2D eigenvalue weighted by Crippen LogP contribution is -2.46. The Hall–Kier alpha value is -0.900. The third-order valence-corrected chi connectivity index (χ3v) is 4.05. The van der Waals surface area contributed by atoms with E-state index >= 15 is 0 Å². The Labute approximate surface area is 117 Å². The molecule has 1 fully saturated rings. The third-order valence-electron chi connectivity index (χ3n) is 4.05. The smallest absolute Gasteiger partial charge is 0.0234 e. The van der Waals surface area contributed by atoms with Gasteiger partial charge < -0.3 is 10.6 Å². The maximum atomic E-state index is 5.67. The van der Waals surface area contributed by atoms with Gasteiger partial charge in [-0.05, 0) is 31.0 Å². The topological polar surface area (TPSA) is 32.5 Å². The summed E-state index contributed by atoms with van der Waals surface area (Å²) in [5.41, 5.74) is 7.09. The predicted octanol–water partition coefficient (Wildman–Crippen LogP) is 1.79. The van der Waals surface area contributed by atoms with E-state index in [1.54, 1.807) is 0 Å². The van der Waals surface area contributed by atoms with E-state index in [0.29, 0.717) is 5.92 Å². The lowest BCUT2D eigenvalue weighted by molar-refractivity contribution is 0.122. The lowest BCUT2D eigenvalue weighted by atomic mass is 10.1. The van der Waals surface area contributed by atoms with E-state index < -0.39 is 0 Å². The molecule has 1 atom stereocenters. The number of nitrogens with two attached hydrogens (primary N) is 1. The van der Waals surface area contributed by atoms with Crippen LogP contribution in [0.4, 0.5) is 0 Å². The first kappa shape index (κ1) is 14.5. The summed E-state index contributed by atoms with van der Waals surface area (Å²) in [6, 6.07) is 10.8. The highest BCUT2D eigenvalue weighted by Crippen LogP contribution is 2.09. The molecule has 0 amide bonds. The van der Waals surface area contributed by atoms with Gasteiger partial charge in [-0.1, -0.05) is 37.3 Å². The zero-order valence-corrected chi connectivity index (χ0v) is 12.1. The van der Waals surface area contributed by atoms with Crippen LogP contribution in [0, 0.1) is 5.92 Å². The first-order chi connectivity index (χ1) is 9.28. The summed E-state index contributed by atoms with van der Waals surface area (Å²) in [5.74, 6) is 0.655. The van der Waals surface area contributed by atoms with Crippen LogP contribution < -0.4 is 5.73 Å². The van der Waals surface area contributed by atoms with Gasteiger partial charge in [0.25, 0.3) is 0 Å². The molecule has 1 heterocycles. The number of piperazine rings is 1. The fourth-order valence-electron chi connectivity index (χ4n) is 2.53. The van der Waals surface area contributed by atoms with E-state index in [4.69, 9.17) is 5.73 Å². The molecule has 0 saturated carbocycles. The van der Waals surface area contributed by atoms with Gasteiger partial charge in [0.15, 0.2) is 0 Å². The Morgan fingerprint density at radius 3 is 2.32 bits per heavy atom. The van der Waals surface area contributed by atoms with Gasteiger partial charge in [0.1, 0.15) is 0 Å². The molecule has 2 rings (SSSR count). The maximum absolute atomic E-state index is 5.67. The Morgan fingerprint density at radius 2 is 1.68 bits per heavy atom. The second-order valence-corrected chi connectivity index (χ2v) is 5.73. The van der Waals surface area contributed by atoms with Gasteiger partial charge in [0, 0.05) is 32.7 Å². The summed E-state index contributed by atoms with van der Waals surface area (Å²) >= 11 is 0. The summed E-state index contributed by atoms with van der Waals surface area (Å²) in [6.45, 7) is 10.1. The number of rotatable bonds is 6. The maximum Gasteiger partial charge on any atom is 0.0234 e. The molecule has 19 heavy (non-hydrogen) atoms. The van der Waals surface area contributed by atoms with Gasteiger partial charge in [0.2, 0.25) is 0 Å². The van der Waals surface area contributed by atoms with Crippen molar-refractivity contribution in [1.82, 2.24) is 9.80 Å². The normalized spacial score (nSPS) is 19.5. The predicted molar refractivity (Wildman–Crippen MR) is 81.0 cm³/mol. The molecule has 2 N–H and O–H groups in total. The van der Waals surface area contributed by atoms with Crippen LogP contribution in [-0.2, 0) is 6.54 Å². The summed E-state index contributed by atoms with van der Waals surface area (Å²) in [7, 11) is 0. The van der Waals surface area contributed by atoms with Crippen molar-refractivity contribution in [3.05, 3.63) is 35.9 Å². The highest BCUT2D eigenvalue weighted by atomic mass is 15.3. The molecule has 3 nitrogen and oxygen atoms in total. The number of hydrogen-bond acceptors (Lipinski definition) is 3. The molecule has 0 aromatic heterocycles. The summed E-state index contributed by atoms with van der Waals surface area (Å²) < 4.78 is 0. The van der Waals surface area contributed by atoms with Crippen molar-refractivity contribution >= 4 is 0 Å². The summed E-state index contributed by atoms with van der Waals surface area (Å²) in [6.07, 6.45) is 1.23. The van der Waals surface area contributed by atoms with Gasteiger partial charge in [0.05, 0.1) is 0 Å². The van der Waals surface area contributed by atoms with Crippen LogP contribution in [0.1, 0.15) is 18.9 Å². The van der Waals surface area contributed by atoms with E-state index in [1.807, 2.05) is 0 Å². The summed E-state index contributed by atoms with van der Waals surface area (Å²) in [5, 5.41) is 0. The van der Waals surface area contributed by atoms with Crippen molar-refractivity contribution in [2.75, 3.05) is 39.3 Å². The largest absolute Gasteiger partial charge is 0.330 e. The fraction of sp³-hybridized carbons (Fsp3) is 0.625. The Balaban J connectivity index is 1.68. The molecule has 0 radical (unpaired) electrons. The summed E-state index contributed by atoms with van der Waals surface area (Å²) in [4.78, 5) is 5.13. The van der Waals surface area contributed by atoms with Gasteiger partial charge in [-0.2, -0.15) is 0 Å². The Bertz CT molecular complexity index is 344. The SMILES string of the molecule is CC(CN)CCN1CCN(Cc2ccccc2)CC1. The quantitative estimate of drug-likeness (QED) is 0.847. The lowest BCUT2D eigenvalue weighted by Gasteiger charge is -2.35. The minimum Gasteiger partial charge on any atom is -0.330 e. The minimum absolute atomic E-state index is 0.655. The standard InChI is InChI=1S/C16H27N3/c1-15(13-17)7-8-18-9-11-19(12-10-18)14-16-5-3-2-4-6-16/h2-6,15H,7-14,17H2,1H3. The van der Waals surface area contributed by atoms with E-state index in [0.717, 1.165) is 13.1 Å². The van der Waals surface area contributed by atoms with Crippen LogP contribution in [0.25, 0.3) is 0 Å². The number of nitrogens with zero attached hydrogens (tertiary/aromatic N) is 2. The van der Waals surface area contributed by atoms with Crippen molar-refractivity contribution in [2.24, 2.45) is 11.7 Å². The first-order valence-electron chi connectivity index (χ1n) is 7.46. The zero-order chi connectivity index (χ0) is 13.5. The van der Waals surface area contributed by atoms with Gasteiger partial charge in [-0.15, -0.1) is 0 Å². The minimum atomic E-state index is 0.655. The van der Waals surface area contributed by atoms with Crippen LogP contribution >= 0.6 is 0 Å². The first-order valence-corrected chi connectivity index (χ1v) is 7.46. The monoisotopic (exact) mass is 261 g/mol. The second-order valence-electron chi connectivity index (χ2n) is 5.73. The average Bonchev–Trinajstić information content (AvgIpc) is 2.47. The van der Waals surface area contributed by atoms with E-state index in [9.17, 15) is 0 Å². The highest BCUT2D eigenvalue weighted by molar-refractivity contribution is 5.14. The number of benzene rings is 1. The van der Waals surface area contributed by atoms with Crippen molar-refractivity contribution in [3.8, 4) is 0 Å². The molecular weight excluding hydrogens is 234 g/mol. The fourth-order valence-corrected chi connectivity index (χ4v) is 2.53. The van der Waals surface area contributed by atoms with Crippen molar-refractivity contribution in [2.45, 2.75) is 19.9 Å². The van der Waals surface area contributed by atoms with Gasteiger partial charge >= 0.3 is 0 Å². The van der Waals surface area contributed by atoms with Gasteiger partial charge in [-0.25, -0.2) is 0 Å². The molecule has 1 aromatic rings. The molecule has 3 heteroatoms. The van der Waals surface area contributed by atoms with E-state index in [-0.39, 0.29) is 0 Å². The molecule has 1 unspecified atom stereocenters. The van der Waals surface area contributed by atoms with E-state index in [2.05, 4.69) is 47.1 Å². The molecule has 0 spiro atoms. The molecule has 1 aliphatic heterocycles. The Morgan fingerprint density at radius 1 is 1.05 bits per heavy atom. The third kappa shape index (κ3) is 4.94. The van der Waals surface area contributed by atoms with E-state index in [1.165, 1.54) is 44.7 Å². The van der Waals surface area contributed by atoms with Crippen LogP contribution in [0.2, 0.25) is 0 Å². The average molecular weight is 261 g/mol. The number of hydrogen-bond donors (Lipinski definition) is 1. The van der Waals surface area contributed by atoms with Gasteiger partial charge in [-0.3, -0.25) is 4.90 Å². The molecular formula is C16H27N3. The van der Waals surface area contributed by atoms with Crippen LogP contribution in [0.15, 0.2) is 30.3 Å². The molecule has 0 aliphatic carbocycles. The second kappa shape index (κ2) is 7.63. The zero-order valence-electron chi connectivity index (χ0n) is 12.1. The van der Waals surface area contributed by atoms with Crippen molar-refractivity contribution < 1.29 is 0 Å². The van der Waals surface area contributed by atoms with Crippen molar-refractivity contribution in [1.29, 1.82) is 0 Å². The van der Waals surface area contributed by atoms with Crippen LogP contribution in [0.5, 0.6) is 0 Å². The Kier molecular flexibility index (Phi) is 5.83.